The highest BCUT2D eigenvalue weighted by Crippen LogP contribution is 2.51. The van der Waals surface area contributed by atoms with Gasteiger partial charge in [0.1, 0.15) is 5.75 Å². The summed E-state index contributed by atoms with van der Waals surface area (Å²) in [6.07, 6.45) is 4.40. The van der Waals surface area contributed by atoms with E-state index in [2.05, 4.69) is 10.1 Å². The van der Waals surface area contributed by atoms with Gasteiger partial charge in [-0.3, -0.25) is 0 Å². The molecule has 2 fully saturated rings. The number of hydrogen-bond acceptors (Lipinski definition) is 5. The van der Waals surface area contributed by atoms with Gasteiger partial charge in [0.15, 0.2) is 5.82 Å². The largest absolute Gasteiger partial charge is 0.497 e. The van der Waals surface area contributed by atoms with Gasteiger partial charge in [-0.15, -0.1) is 12.4 Å². The minimum atomic E-state index is 0. The summed E-state index contributed by atoms with van der Waals surface area (Å²) in [6, 6.07) is 8.13. The molecule has 2 aromatic rings. The lowest BCUT2D eigenvalue weighted by atomic mass is 9.85. The van der Waals surface area contributed by atoms with Gasteiger partial charge in [0.05, 0.1) is 13.0 Å². The van der Waals surface area contributed by atoms with Crippen molar-refractivity contribution in [2.75, 3.05) is 7.11 Å². The molecule has 2 aliphatic carbocycles. The second-order valence-electron chi connectivity index (χ2n) is 6.51. The average Bonchev–Trinajstić information content (AvgIpc) is 3.24. The van der Waals surface area contributed by atoms with E-state index in [9.17, 15) is 0 Å². The number of hydrogen-bond donors (Lipinski definition) is 1. The van der Waals surface area contributed by atoms with Gasteiger partial charge in [-0.2, -0.15) is 4.98 Å². The maximum Gasteiger partial charge on any atom is 0.231 e. The Labute approximate surface area is 142 Å². The van der Waals surface area contributed by atoms with Crippen molar-refractivity contribution in [2.24, 2.45) is 17.6 Å². The third kappa shape index (κ3) is 2.95. The van der Waals surface area contributed by atoms with Crippen molar-refractivity contribution in [3.63, 3.8) is 0 Å². The van der Waals surface area contributed by atoms with E-state index < -0.39 is 0 Å². The van der Waals surface area contributed by atoms with Crippen LogP contribution in [0.4, 0.5) is 0 Å². The first-order valence-electron chi connectivity index (χ1n) is 7.95. The maximum absolute atomic E-state index is 6.35. The summed E-state index contributed by atoms with van der Waals surface area (Å²) in [7, 11) is 1.67. The van der Waals surface area contributed by atoms with Crippen LogP contribution in [0.25, 0.3) is 0 Å². The lowest BCUT2D eigenvalue weighted by Gasteiger charge is -2.24. The van der Waals surface area contributed by atoms with Crippen LogP contribution in [-0.2, 0) is 6.42 Å². The Hall–Kier alpha value is -1.59. The molecule has 2 aliphatic rings. The molecule has 6 heteroatoms. The Morgan fingerprint density at radius 2 is 1.96 bits per heavy atom. The molecule has 23 heavy (non-hydrogen) atoms. The van der Waals surface area contributed by atoms with Gasteiger partial charge in [-0.1, -0.05) is 17.3 Å². The van der Waals surface area contributed by atoms with Gasteiger partial charge in [0.2, 0.25) is 5.89 Å². The molecule has 2 bridgehead atoms. The van der Waals surface area contributed by atoms with Gasteiger partial charge in [-0.05, 0) is 48.8 Å². The molecule has 4 unspecified atom stereocenters. The van der Waals surface area contributed by atoms with Gasteiger partial charge in [0.25, 0.3) is 0 Å². The third-order valence-electron chi connectivity index (χ3n) is 5.27. The highest BCUT2D eigenvalue weighted by atomic mass is 35.5. The second kappa shape index (κ2) is 6.49. The standard InChI is InChI=1S/C17H21N3O2.ClH/c1-21-13-6-2-10(3-7-13)8-14-19-17(22-20-14)15-11-4-5-12(9-11)16(15)18;/h2-3,6-7,11-12,15-16H,4-5,8-9,18H2,1H3;1H. The predicted octanol–water partition coefficient (Wildman–Crippen LogP) is 2.93. The fourth-order valence-corrected chi connectivity index (χ4v) is 4.10. The summed E-state index contributed by atoms with van der Waals surface area (Å²) in [6.45, 7) is 0. The van der Waals surface area contributed by atoms with E-state index in [0.29, 0.717) is 18.3 Å². The quantitative estimate of drug-likeness (QED) is 0.929. The first-order valence-corrected chi connectivity index (χ1v) is 7.95. The first-order chi connectivity index (χ1) is 10.7. The smallest absolute Gasteiger partial charge is 0.231 e. The molecule has 1 aromatic heterocycles. The normalized spacial score (nSPS) is 28.6. The van der Waals surface area contributed by atoms with Crippen molar-refractivity contribution in [1.82, 2.24) is 10.1 Å². The molecule has 0 amide bonds. The third-order valence-corrected chi connectivity index (χ3v) is 5.27. The van der Waals surface area contributed by atoms with Gasteiger partial charge in [0, 0.05) is 12.5 Å². The number of methoxy groups -OCH3 is 1. The van der Waals surface area contributed by atoms with Crippen LogP contribution in [0.3, 0.4) is 0 Å². The van der Waals surface area contributed by atoms with Crippen LogP contribution in [0.15, 0.2) is 28.8 Å². The molecule has 124 valence electrons. The summed E-state index contributed by atoms with van der Waals surface area (Å²) in [5.74, 6) is 3.86. The van der Waals surface area contributed by atoms with Crippen molar-refractivity contribution in [3.8, 4) is 5.75 Å². The van der Waals surface area contributed by atoms with Crippen molar-refractivity contribution in [1.29, 1.82) is 0 Å². The van der Waals surface area contributed by atoms with Crippen molar-refractivity contribution >= 4 is 12.4 Å². The highest BCUT2D eigenvalue weighted by molar-refractivity contribution is 5.85. The van der Waals surface area contributed by atoms with Crippen LogP contribution in [0, 0.1) is 11.8 Å². The van der Waals surface area contributed by atoms with Crippen LogP contribution in [0.1, 0.15) is 42.5 Å². The van der Waals surface area contributed by atoms with Gasteiger partial charge in [-0.25, -0.2) is 0 Å². The molecule has 1 heterocycles. The van der Waals surface area contributed by atoms with E-state index in [1.54, 1.807) is 7.11 Å². The molecule has 5 nitrogen and oxygen atoms in total. The van der Waals surface area contributed by atoms with Gasteiger partial charge >= 0.3 is 0 Å². The molecule has 2 saturated carbocycles. The van der Waals surface area contributed by atoms with E-state index >= 15 is 0 Å². The fourth-order valence-electron chi connectivity index (χ4n) is 4.10. The van der Waals surface area contributed by atoms with E-state index in [-0.39, 0.29) is 24.4 Å². The number of ether oxygens (including phenoxy) is 1. The lowest BCUT2D eigenvalue weighted by molar-refractivity contribution is 0.278. The summed E-state index contributed by atoms with van der Waals surface area (Å²) >= 11 is 0. The number of halogens is 1. The highest BCUT2D eigenvalue weighted by Gasteiger charge is 2.48. The van der Waals surface area contributed by atoms with Gasteiger partial charge < -0.3 is 15.0 Å². The molecule has 0 aliphatic heterocycles. The topological polar surface area (TPSA) is 74.2 Å². The predicted molar refractivity (Wildman–Crippen MR) is 88.9 cm³/mol. The summed E-state index contributed by atoms with van der Waals surface area (Å²) in [5, 5.41) is 4.14. The van der Waals surface area contributed by atoms with Crippen molar-refractivity contribution < 1.29 is 9.26 Å². The summed E-state index contributed by atoms with van der Waals surface area (Å²) < 4.78 is 10.7. The van der Waals surface area contributed by atoms with E-state index in [1.165, 1.54) is 19.3 Å². The average molecular weight is 336 g/mol. The van der Waals surface area contributed by atoms with E-state index in [4.69, 9.17) is 15.0 Å². The molecular formula is C17H22ClN3O2. The van der Waals surface area contributed by atoms with Crippen LogP contribution in [-0.4, -0.2) is 23.3 Å². The molecule has 1 aromatic carbocycles. The molecule has 0 saturated heterocycles. The van der Waals surface area contributed by atoms with Crippen LogP contribution < -0.4 is 10.5 Å². The Morgan fingerprint density at radius 3 is 2.61 bits per heavy atom. The fraction of sp³-hybridized carbons (Fsp3) is 0.529. The first kappa shape index (κ1) is 16.3. The number of nitrogens with two attached hydrogens (primary N) is 1. The minimum Gasteiger partial charge on any atom is -0.497 e. The Morgan fingerprint density at radius 1 is 1.22 bits per heavy atom. The van der Waals surface area contributed by atoms with E-state index in [0.717, 1.165) is 23.0 Å². The minimum absolute atomic E-state index is 0. The number of aromatic nitrogens is 2. The van der Waals surface area contributed by atoms with E-state index in [1.807, 2.05) is 24.3 Å². The SMILES string of the molecule is COc1ccc(Cc2noc(C3C4CCC(C4)C3N)n2)cc1.Cl. The molecule has 4 rings (SSSR count). The Kier molecular flexibility index (Phi) is 4.60. The van der Waals surface area contributed by atoms with Crippen molar-refractivity contribution in [2.45, 2.75) is 37.6 Å². The second-order valence-corrected chi connectivity index (χ2v) is 6.51. The zero-order chi connectivity index (χ0) is 15.1. The van der Waals surface area contributed by atoms with Crippen molar-refractivity contribution in [3.05, 3.63) is 41.5 Å². The number of benzene rings is 1. The number of fused-ring (bicyclic) bond motifs is 2. The number of nitrogens with zero attached hydrogens (tertiary/aromatic N) is 2. The molecule has 2 N–H and O–H groups in total. The van der Waals surface area contributed by atoms with Crippen LogP contribution in [0.5, 0.6) is 5.75 Å². The summed E-state index contributed by atoms with van der Waals surface area (Å²) in [5.41, 5.74) is 7.49. The zero-order valence-corrected chi connectivity index (χ0v) is 14.0. The number of rotatable bonds is 4. The monoisotopic (exact) mass is 335 g/mol. The maximum atomic E-state index is 6.35. The summed E-state index contributed by atoms with van der Waals surface area (Å²) in [4.78, 5) is 4.61. The molecular weight excluding hydrogens is 314 g/mol. The zero-order valence-electron chi connectivity index (χ0n) is 13.1. The molecule has 0 radical (unpaired) electrons. The molecule has 4 atom stereocenters. The Bertz CT molecular complexity index is 656. The van der Waals surface area contributed by atoms with Crippen LogP contribution >= 0.6 is 12.4 Å². The molecule has 0 spiro atoms. The van der Waals surface area contributed by atoms with Crippen LogP contribution in [0.2, 0.25) is 0 Å². The lowest BCUT2D eigenvalue weighted by Crippen LogP contribution is -2.34. The Balaban J connectivity index is 0.00000156.